The summed E-state index contributed by atoms with van der Waals surface area (Å²) in [5.74, 6) is 4.05. The van der Waals surface area contributed by atoms with Crippen molar-refractivity contribution in [1.29, 1.82) is 0 Å². The summed E-state index contributed by atoms with van der Waals surface area (Å²) in [6.07, 6.45) is 0. The van der Waals surface area contributed by atoms with Gasteiger partial charge in [0.05, 0.1) is 10.6 Å². The smallest absolute Gasteiger partial charge is 0.256 e. The number of nitrogens with one attached hydrogen (secondary N) is 2. The van der Waals surface area contributed by atoms with E-state index in [1.807, 2.05) is 5.43 Å². The molecule has 0 aliphatic carbocycles. The van der Waals surface area contributed by atoms with Crippen LogP contribution in [0.1, 0.15) is 17.3 Å². The first-order chi connectivity index (χ1) is 7.56. The number of hydrogen-bond donors (Lipinski definition) is 3. The van der Waals surface area contributed by atoms with E-state index in [-0.39, 0.29) is 0 Å². The second-order valence-electron chi connectivity index (χ2n) is 3.18. The summed E-state index contributed by atoms with van der Waals surface area (Å²) in [5, 5.41) is 2.81. The Morgan fingerprint density at radius 2 is 2.00 bits per heavy atom. The van der Waals surface area contributed by atoms with Crippen LogP contribution in [0.15, 0.2) is 24.3 Å². The van der Waals surface area contributed by atoms with Gasteiger partial charge in [-0.3, -0.25) is 15.0 Å². The van der Waals surface area contributed by atoms with Crippen molar-refractivity contribution in [3.8, 4) is 0 Å². The molecule has 0 aliphatic rings. The maximum Gasteiger partial charge on any atom is 0.256 e. The number of halogens is 1. The zero-order valence-corrected chi connectivity index (χ0v) is 9.41. The Bertz CT molecular complexity index is 409. The third-order valence-electron chi connectivity index (χ3n) is 2.00. The number of nitrogens with two attached hydrogens (primary N) is 1. The Morgan fingerprint density at radius 1 is 1.38 bits per heavy atom. The van der Waals surface area contributed by atoms with Crippen LogP contribution in [0, 0.1) is 0 Å². The lowest BCUT2D eigenvalue weighted by molar-refractivity contribution is -0.122. The molecular weight excluding hydrogens is 230 g/mol. The topological polar surface area (TPSA) is 84.2 Å². The number of hydrazine groups is 1. The van der Waals surface area contributed by atoms with Crippen LogP contribution < -0.4 is 16.6 Å². The highest BCUT2D eigenvalue weighted by atomic mass is 35.5. The highest BCUT2D eigenvalue weighted by Crippen LogP contribution is 2.14. The molecule has 1 unspecified atom stereocenters. The summed E-state index contributed by atoms with van der Waals surface area (Å²) in [6.45, 7) is 1.52. The molecule has 86 valence electrons. The molecule has 1 aromatic carbocycles. The highest BCUT2D eigenvalue weighted by molar-refractivity contribution is 6.33. The van der Waals surface area contributed by atoms with Crippen LogP contribution in [0.5, 0.6) is 0 Å². The fourth-order valence-electron chi connectivity index (χ4n) is 1.11. The van der Waals surface area contributed by atoms with Crippen LogP contribution in [0.2, 0.25) is 5.02 Å². The molecule has 0 bridgehead atoms. The van der Waals surface area contributed by atoms with Crippen molar-refractivity contribution < 1.29 is 9.59 Å². The molecular formula is C10H12ClN3O2. The first kappa shape index (κ1) is 12.5. The van der Waals surface area contributed by atoms with Crippen molar-refractivity contribution in [2.75, 3.05) is 0 Å². The molecule has 16 heavy (non-hydrogen) atoms. The summed E-state index contributed by atoms with van der Waals surface area (Å²) < 4.78 is 0. The largest absolute Gasteiger partial charge is 0.340 e. The van der Waals surface area contributed by atoms with Crippen LogP contribution >= 0.6 is 11.6 Å². The van der Waals surface area contributed by atoms with Gasteiger partial charge in [-0.25, -0.2) is 5.84 Å². The van der Waals surface area contributed by atoms with Crippen molar-refractivity contribution in [3.05, 3.63) is 34.9 Å². The van der Waals surface area contributed by atoms with E-state index in [1.54, 1.807) is 24.3 Å². The molecule has 0 saturated carbocycles. The molecule has 0 heterocycles. The third-order valence-corrected chi connectivity index (χ3v) is 2.33. The zero-order chi connectivity index (χ0) is 12.1. The molecule has 0 aromatic heterocycles. The fourth-order valence-corrected chi connectivity index (χ4v) is 1.33. The summed E-state index contributed by atoms with van der Waals surface area (Å²) >= 11 is 5.83. The number of carbonyl (C=O) groups excluding carboxylic acids is 2. The average molecular weight is 242 g/mol. The molecule has 0 aliphatic heterocycles. The SMILES string of the molecule is CC(NC(=O)c1ccccc1Cl)C(=O)NN. The average Bonchev–Trinajstić information content (AvgIpc) is 2.28. The molecule has 5 nitrogen and oxygen atoms in total. The number of hydrogen-bond acceptors (Lipinski definition) is 3. The van der Waals surface area contributed by atoms with E-state index in [4.69, 9.17) is 17.4 Å². The lowest BCUT2D eigenvalue weighted by Gasteiger charge is -2.12. The second-order valence-corrected chi connectivity index (χ2v) is 3.59. The maximum absolute atomic E-state index is 11.7. The molecule has 1 aromatic rings. The van der Waals surface area contributed by atoms with Gasteiger partial charge < -0.3 is 5.32 Å². The van der Waals surface area contributed by atoms with E-state index in [2.05, 4.69) is 5.32 Å². The number of amides is 2. The van der Waals surface area contributed by atoms with Gasteiger partial charge in [-0.05, 0) is 19.1 Å². The maximum atomic E-state index is 11.7. The normalized spacial score (nSPS) is 11.7. The first-order valence-corrected chi connectivity index (χ1v) is 5.00. The molecule has 4 N–H and O–H groups in total. The molecule has 1 rings (SSSR count). The van der Waals surface area contributed by atoms with Gasteiger partial charge in [0.25, 0.3) is 11.8 Å². The van der Waals surface area contributed by atoms with Crippen LogP contribution in [0.3, 0.4) is 0 Å². The summed E-state index contributed by atoms with van der Waals surface area (Å²) in [4.78, 5) is 22.8. The van der Waals surface area contributed by atoms with Crippen molar-refractivity contribution in [1.82, 2.24) is 10.7 Å². The predicted molar refractivity (Wildman–Crippen MR) is 60.7 cm³/mol. The van der Waals surface area contributed by atoms with Crippen LogP contribution in [0.25, 0.3) is 0 Å². The van der Waals surface area contributed by atoms with Crippen molar-refractivity contribution in [2.24, 2.45) is 5.84 Å². The van der Waals surface area contributed by atoms with E-state index in [1.165, 1.54) is 6.92 Å². The van der Waals surface area contributed by atoms with E-state index in [0.29, 0.717) is 10.6 Å². The van der Waals surface area contributed by atoms with E-state index in [9.17, 15) is 9.59 Å². The van der Waals surface area contributed by atoms with Crippen LogP contribution in [0.4, 0.5) is 0 Å². The fraction of sp³-hybridized carbons (Fsp3) is 0.200. The van der Waals surface area contributed by atoms with Crippen LogP contribution in [-0.2, 0) is 4.79 Å². The molecule has 2 amide bonds. The Kier molecular flexibility index (Phi) is 4.28. The number of rotatable bonds is 3. The van der Waals surface area contributed by atoms with Gasteiger partial charge in [-0.2, -0.15) is 0 Å². The predicted octanol–water partition coefficient (Wildman–Crippen LogP) is 0.448. The Morgan fingerprint density at radius 3 is 2.56 bits per heavy atom. The third kappa shape index (κ3) is 2.95. The molecule has 0 spiro atoms. The lowest BCUT2D eigenvalue weighted by Crippen LogP contribution is -2.47. The summed E-state index contributed by atoms with van der Waals surface area (Å²) in [6, 6.07) is 5.87. The van der Waals surface area contributed by atoms with Gasteiger partial charge in [0, 0.05) is 0 Å². The minimum atomic E-state index is -0.714. The van der Waals surface area contributed by atoms with Gasteiger partial charge in [0.1, 0.15) is 6.04 Å². The highest BCUT2D eigenvalue weighted by Gasteiger charge is 2.16. The minimum Gasteiger partial charge on any atom is -0.340 e. The number of benzene rings is 1. The molecule has 0 fully saturated rings. The molecule has 1 atom stereocenters. The van der Waals surface area contributed by atoms with E-state index in [0.717, 1.165) is 0 Å². The lowest BCUT2D eigenvalue weighted by atomic mass is 10.2. The Balaban J connectivity index is 2.73. The summed E-state index contributed by atoms with van der Waals surface area (Å²) in [5.41, 5.74) is 2.27. The van der Waals surface area contributed by atoms with Crippen molar-refractivity contribution >= 4 is 23.4 Å². The minimum absolute atomic E-state index is 0.320. The Hall–Kier alpha value is -1.59. The zero-order valence-electron chi connectivity index (χ0n) is 8.66. The standard InChI is InChI=1S/C10H12ClN3O2/c1-6(9(15)14-12)13-10(16)7-4-2-3-5-8(7)11/h2-6H,12H2,1H3,(H,13,16)(H,14,15). The van der Waals surface area contributed by atoms with Gasteiger partial charge >= 0.3 is 0 Å². The van der Waals surface area contributed by atoms with Gasteiger partial charge in [0.15, 0.2) is 0 Å². The van der Waals surface area contributed by atoms with Crippen LogP contribution in [-0.4, -0.2) is 17.9 Å². The monoisotopic (exact) mass is 241 g/mol. The second kappa shape index (κ2) is 5.48. The van der Waals surface area contributed by atoms with Gasteiger partial charge in [-0.1, -0.05) is 23.7 Å². The molecule has 0 saturated heterocycles. The summed E-state index contributed by atoms with van der Waals surface area (Å²) in [7, 11) is 0. The molecule has 6 heteroatoms. The van der Waals surface area contributed by atoms with E-state index < -0.39 is 17.9 Å². The number of carbonyl (C=O) groups is 2. The van der Waals surface area contributed by atoms with Crippen molar-refractivity contribution in [3.63, 3.8) is 0 Å². The molecule has 0 radical (unpaired) electrons. The van der Waals surface area contributed by atoms with E-state index >= 15 is 0 Å². The van der Waals surface area contributed by atoms with Crippen molar-refractivity contribution in [2.45, 2.75) is 13.0 Å². The quantitative estimate of drug-likeness (QED) is 0.408. The first-order valence-electron chi connectivity index (χ1n) is 4.62. The Labute approximate surface area is 97.9 Å². The van der Waals surface area contributed by atoms with Gasteiger partial charge in [-0.15, -0.1) is 0 Å². The van der Waals surface area contributed by atoms with Gasteiger partial charge in [0.2, 0.25) is 0 Å².